The van der Waals surface area contributed by atoms with Crippen molar-refractivity contribution >= 4 is 61.6 Å². The van der Waals surface area contributed by atoms with Gasteiger partial charge in [0.2, 0.25) is 11.8 Å². The van der Waals surface area contributed by atoms with E-state index in [0.29, 0.717) is 10.8 Å². The molecule has 3 rings (SSSR count). The second kappa shape index (κ2) is 6.67. The summed E-state index contributed by atoms with van der Waals surface area (Å²) in [6, 6.07) is 5.41. The lowest BCUT2D eigenvalue weighted by molar-refractivity contribution is -0.114. The maximum atomic E-state index is 11.9. The van der Waals surface area contributed by atoms with Gasteiger partial charge in [0, 0.05) is 24.1 Å². The van der Waals surface area contributed by atoms with Gasteiger partial charge in [0.1, 0.15) is 0 Å². The van der Waals surface area contributed by atoms with Gasteiger partial charge in [-0.15, -0.1) is 11.3 Å². The molecule has 0 unspecified atom stereocenters. The number of benzene rings is 1. The number of amides is 2. The molecule has 116 valence electrons. The second-order valence-electron chi connectivity index (χ2n) is 4.62. The Morgan fingerprint density at radius 3 is 2.87 bits per heavy atom. The quantitative estimate of drug-likeness (QED) is 0.711. The molecule has 0 spiro atoms. The SMILES string of the molecule is CC(=O)Nc1ccc2nc(NC(=O)/C=C\c3cscn3)sc2c1. The largest absolute Gasteiger partial charge is 0.326 e. The van der Waals surface area contributed by atoms with Gasteiger partial charge >= 0.3 is 0 Å². The standard InChI is InChI=1S/C15H12N4O2S2/c1-9(20)17-10-2-4-12-13(6-10)23-15(18-12)19-14(21)5-3-11-7-22-8-16-11/h2-8H,1H3,(H,17,20)(H,18,19,21)/b5-3-. The number of aromatic nitrogens is 2. The van der Waals surface area contributed by atoms with Gasteiger partial charge in [0.05, 0.1) is 21.4 Å². The summed E-state index contributed by atoms with van der Waals surface area (Å²) in [7, 11) is 0. The maximum absolute atomic E-state index is 11.9. The van der Waals surface area contributed by atoms with Gasteiger partial charge in [0.25, 0.3) is 0 Å². The number of carbonyl (C=O) groups excluding carboxylic acids is 2. The van der Waals surface area contributed by atoms with Crippen molar-refractivity contribution in [2.45, 2.75) is 6.92 Å². The Kier molecular flexibility index (Phi) is 4.45. The molecule has 0 fully saturated rings. The monoisotopic (exact) mass is 344 g/mol. The van der Waals surface area contributed by atoms with Gasteiger partial charge in [-0.3, -0.25) is 14.9 Å². The zero-order chi connectivity index (χ0) is 16.2. The number of hydrogen-bond donors (Lipinski definition) is 2. The summed E-state index contributed by atoms with van der Waals surface area (Å²) < 4.78 is 0.884. The molecule has 8 heteroatoms. The first-order chi connectivity index (χ1) is 11.1. The third kappa shape index (κ3) is 3.99. The van der Waals surface area contributed by atoms with Gasteiger partial charge in [-0.2, -0.15) is 0 Å². The van der Waals surface area contributed by atoms with Crippen LogP contribution in [0.2, 0.25) is 0 Å². The van der Waals surface area contributed by atoms with Crippen LogP contribution >= 0.6 is 22.7 Å². The molecule has 0 saturated heterocycles. The van der Waals surface area contributed by atoms with Crippen LogP contribution in [-0.4, -0.2) is 21.8 Å². The van der Waals surface area contributed by atoms with E-state index in [-0.39, 0.29) is 11.8 Å². The number of hydrogen-bond acceptors (Lipinski definition) is 6. The summed E-state index contributed by atoms with van der Waals surface area (Å²) >= 11 is 2.82. The summed E-state index contributed by atoms with van der Waals surface area (Å²) in [6.45, 7) is 1.46. The van der Waals surface area contributed by atoms with Crippen molar-refractivity contribution in [3.05, 3.63) is 40.9 Å². The summed E-state index contributed by atoms with van der Waals surface area (Å²) in [5.74, 6) is -0.395. The topological polar surface area (TPSA) is 84.0 Å². The summed E-state index contributed by atoms with van der Waals surface area (Å²) in [5, 5.41) is 7.80. The maximum Gasteiger partial charge on any atom is 0.250 e. The fourth-order valence-corrected chi connectivity index (χ4v) is 3.30. The molecule has 0 bridgehead atoms. The van der Waals surface area contributed by atoms with Crippen LogP contribution in [0.1, 0.15) is 12.6 Å². The lowest BCUT2D eigenvalue weighted by atomic mass is 10.3. The average Bonchev–Trinajstić information content (AvgIpc) is 3.12. The van der Waals surface area contributed by atoms with E-state index < -0.39 is 0 Å². The number of carbonyl (C=O) groups is 2. The van der Waals surface area contributed by atoms with E-state index in [1.807, 2.05) is 11.4 Å². The summed E-state index contributed by atoms with van der Waals surface area (Å²) in [4.78, 5) is 31.4. The Labute approximate surface area is 139 Å². The van der Waals surface area contributed by atoms with E-state index in [9.17, 15) is 9.59 Å². The van der Waals surface area contributed by atoms with E-state index in [1.165, 1.54) is 35.7 Å². The molecule has 2 heterocycles. The molecule has 3 aromatic rings. The zero-order valence-electron chi connectivity index (χ0n) is 12.1. The van der Waals surface area contributed by atoms with Crippen LogP contribution < -0.4 is 10.6 Å². The fraction of sp³-hybridized carbons (Fsp3) is 0.0667. The van der Waals surface area contributed by atoms with Gasteiger partial charge in [-0.1, -0.05) is 11.3 Å². The molecule has 2 N–H and O–H groups in total. The van der Waals surface area contributed by atoms with E-state index >= 15 is 0 Å². The minimum absolute atomic E-state index is 0.130. The number of nitrogens with zero attached hydrogens (tertiary/aromatic N) is 2. The van der Waals surface area contributed by atoms with E-state index in [0.717, 1.165) is 15.9 Å². The first-order valence-corrected chi connectivity index (χ1v) is 8.41. The molecule has 0 saturated carbocycles. The Bertz CT molecular complexity index is 884. The predicted molar refractivity (Wildman–Crippen MR) is 93.7 cm³/mol. The molecule has 0 atom stereocenters. The molecule has 6 nitrogen and oxygen atoms in total. The highest BCUT2D eigenvalue weighted by Crippen LogP contribution is 2.28. The predicted octanol–water partition coefficient (Wildman–Crippen LogP) is 3.36. The Hall–Kier alpha value is -2.58. The van der Waals surface area contributed by atoms with E-state index in [2.05, 4.69) is 20.6 Å². The minimum atomic E-state index is -0.265. The van der Waals surface area contributed by atoms with Crippen LogP contribution in [0, 0.1) is 0 Å². The third-order valence-electron chi connectivity index (χ3n) is 2.80. The lowest BCUT2D eigenvalue weighted by Crippen LogP contribution is -2.07. The van der Waals surface area contributed by atoms with Gasteiger partial charge in [-0.25, -0.2) is 9.97 Å². The van der Waals surface area contributed by atoms with Crippen LogP contribution in [0.4, 0.5) is 10.8 Å². The highest BCUT2D eigenvalue weighted by molar-refractivity contribution is 7.22. The second-order valence-corrected chi connectivity index (χ2v) is 6.37. The highest BCUT2D eigenvalue weighted by atomic mass is 32.1. The summed E-state index contributed by atoms with van der Waals surface area (Å²) in [5.41, 5.74) is 3.92. The number of anilines is 2. The molecular formula is C15H12N4O2S2. The third-order valence-corrected chi connectivity index (χ3v) is 4.33. The molecule has 23 heavy (non-hydrogen) atoms. The Morgan fingerprint density at radius 1 is 1.26 bits per heavy atom. The van der Waals surface area contributed by atoms with Crippen LogP contribution in [0.3, 0.4) is 0 Å². The smallest absolute Gasteiger partial charge is 0.250 e. The normalized spacial score (nSPS) is 11.0. The van der Waals surface area contributed by atoms with Crippen LogP contribution in [0.5, 0.6) is 0 Å². The first-order valence-electron chi connectivity index (χ1n) is 6.65. The molecule has 0 aliphatic rings. The van der Waals surface area contributed by atoms with Crippen molar-refractivity contribution in [2.75, 3.05) is 10.6 Å². The Morgan fingerprint density at radius 2 is 2.13 bits per heavy atom. The molecule has 0 aliphatic carbocycles. The molecule has 1 aromatic carbocycles. The van der Waals surface area contributed by atoms with Gasteiger partial charge in [0.15, 0.2) is 5.13 Å². The fourth-order valence-electron chi connectivity index (χ4n) is 1.87. The van der Waals surface area contributed by atoms with Gasteiger partial charge < -0.3 is 5.32 Å². The Balaban J connectivity index is 1.72. The zero-order valence-corrected chi connectivity index (χ0v) is 13.7. The van der Waals surface area contributed by atoms with Crippen molar-refractivity contribution in [1.82, 2.24) is 9.97 Å². The van der Waals surface area contributed by atoms with Crippen LogP contribution in [0.25, 0.3) is 16.3 Å². The van der Waals surface area contributed by atoms with Crippen LogP contribution in [0.15, 0.2) is 35.2 Å². The minimum Gasteiger partial charge on any atom is -0.326 e. The van der Waals surface area contributed by atoms with Crippen molar-refractivity contribution in [3.63, 3.8) is 0 Å². The first kappa shape index (κ1) is 15.3. The number of nitrogens with one attached hydrogen (secondary N) is 2. The molecule has 2 amide bonds. The number of rotatable bonds is 4. The van der Waals surface area contributed by atoms with Crippen molar-refractivity contribution in [3.8, 4) is 0 Å². The van der Waals surface area contributed by atoms with E-state index in [4.69, 9.17) is 0 Å². The van der Waals surface area contributed by atoms with E-state index in [1.54, 1.807) is 23.7 Å². The highest BCUT2D eigenvalue weighted by Gasteiger charge is 2.07. The lowest BCUT2D eigenvalue weighted by Gasteiger charge is -1.99. The molecule has 2 aromatic heterocycles. The van der Waals surface area contributed by atoms with Gasteiger partial charge in [-0.05, 0) is 24.3 Å². The average molecular weight is 344 g/mol. The van der Waals surface area contributed by atoms with Crippen molar-refractivity contribution in [2.24, 2.45) is 0 Å². The molecule has 0 aliphatic heterocycles. The van der Waals surface area contributed by atoms with Crippen molar-refractivity contribution in [1.29, 1.82) is 0 Å². The van der Waals surface area contributed by atoms with Crippen molar-refractivity contribution < 1.29 is 9.59 Å². The number of fused-ring (bicyclic) bond motifs is 1. The van der Waals surface area contributed by atoms with Crippen LogP contribution in [-0.2, 0) is 9.59 Å². The molecular weight excluding hydrogens is 332 g/mol. The summed E-state index contributed by atoms with van der Waals surface area (Å²) in [6.07, 6.45) is 3.07. The number of thiazole rings is 2. The molecule has 0 radical (unpaired) electrons.